The molecule has 0 aliphatic carbocycles. The van der Waals surface area contributed by atoms with E-state index in [4.69, 9.17) is 0 Å². The Kier molecular flexibility index (Phi) is 2.97. The van der Waals surface area contributed by atoms with Crippen molar-refractivity contribution in [3.8, 4) is 0 Å². The van der Waals surface area contributed by atoms with Gasteiger partial charge in [0.25, 0.3) is 0 Å². The molecule has 0 saturated carbocycles. The highest BCUT2D eigenvalue weighted by Crippen LogP contribution is 2.12. The summed E-state index contributed by atoms with van der Waals surface area (Å²) >= 11 is 0. The van der Waals surface area contributed by atoms with E-state index >= 15 is 0 Å². The molecule has 1 heterocycles. The van der Waals surface area contributed by atoms with Crippen LogP contribution in [0.1, 0.15) is 6.42 Å². The summed E-state index contributed by atoms with van der Waals surface area (Å²) in [5.41, 5.74) is 0.521. The van der Waals surface area contributed by atoms with Gasteiger partial charge in [0.05, 0.1) is 0 Å². The van der Waals surface area contributed by atoms with Gasteiger partial charge in [-0.3, -0.25) is 4.79 Å². The van der Waals surface area contributed by atoms with E-state index in [0.29, 0.717) is 18.0 Å². The van der Waals surface area contributed by atoms with Gasteiger partial charge in [-0.05, 0) is 37.2 Å². The predicted molar refractivity (Wildman–Crippen MR) is 56.0 cm³/mol. The first-order valence-electron chi connectivity index (χ1n) is 5.00. The molecule has 3 nitrogen and oxygen atoms in total. The van der Waals surface area contributed by atoms with Crippen molar-refractivity contribution in [3.05, 3.63) is 30.1 Å². The Hall–Kier alpha value is -1.42. The van der Waals surface area contributed by atoms with Gasteiger partial charge in [-0.15, -0.1) is 0 Å². The van der Waals surface area contributed by atoms with Crippen molar-refractivity contribution in [1.29, 1.82) is 0 Å². The molecule has 1 aliphatic rings. The zero-order valence-electron chi connectivity index (χ0n) is 8.29. The van der Waals surface area contributed by atoms with Crippen molar-refractivity contribution in [2.45, 2.75) is 6.42 Å². The maximum atomic E-state index is 12.8. The van der Waals surface area contributed by atoms with Gasteiger partial charge >= 0.3 is 0 Å². The summed E-state index contributed by atoms with van der Waals surface area (Å²) in [6, 6.07) is 5.93. The summed E-state index contributed by atoms with van der Waals surface area (Å²) in [7, 11) is 0. The Morgan fingerprint density at radius 2 is 2.33 bits per heavy atom. The maximum absolute atomic E-state index is 12.8. The fourth-order valence-corrected chi connectivity index (χ4v) is 1.53. The average Bonchev–Trinajstić information content (AvgIpc) is 2.11. The second-order valence-electron chi connectivity index (χ2n) is 3.79. The van der Waals surface area contributed by atoms with Gasteiger partial charge in [-0.25, -0.2) is 4.39 Å². The molecule has 1 amide bonds. The molecule has 2 rings (SSSR count). The largest absolute Gasteiger partial charge is 0.326 e. The normalized spacial score (nSPS) is 15.8. The summed E-state index contributed by atoms with van der Waals surface area (Å²) in [6.07, 6.45) is 0.503. The van der Waals surface area contributed by atoms with Crippen LogP contribution in [-0.4, -0.2) is 19.0 Å². The van der Waals surface area contributed by atoms with Gasteiger partial charge in [0, 0.05) is 12.1 Å². The Morgan fingerprint density at radius 3 is 2.93 bits per heavy atom. The molecule has 80 valence electrons. The van der Waals surface area contributed by atoms with Crippen LogP contribution in [-0.2, 0) is 4.79 Å². The lowest BCUT2D eigenvalue weighted by atomic mass is 9.99. The van der Waals surface area contributed by atoms with Gasteiger partial charge in [0.1, 0.15) is 5.82 Å². The van der Waals surface area contributed by atoms with Crippen LogP contribution in [0.4, 0.5) is 10.1 Å². The van der Waals surface area contributed by atoms with Crippen LogP contribution in [0.3, 0.4) is 0 Å². The number of carbonyl (C=O) groups is 1. The van der Waals surface area contributed by atoms with Crippen LogP contribution >= 0.6 is 0 Å². The first kappa shape index (κ1) is 10.1. The minimum absolute atomic E-state index is 0.0490. The van der Waals surface area contributed by atoms with E-state index in [1.165, 1.54) is 12.1 Å². The number of carbonyl (C=O) groups excluding carboxylic acids is 1. The molecule has 0 unspecified atom stereocenters. The molecule has 1 aromatic carbocycles. The number of amides is 1. The first-order chi connectivity index (χ1) is 7.24. The summed E-state index contributed by atoms with van der Waals surface area (Å²) in [4.78, 5) is 11.5. The van der Waals surface area contributed by atoms with Crippen LogP contribution in [0.15, 0.2) is 24.3 Å². The molecule has 0 bridgehead atoms. The second kappa shape index (κ2) is 4.40. The molecule has 1 saturated heterocycles. The van der Waals surface area contributed by atoms with Crippen LogP contribution in [0.5, 0.6) is 0 Å². The number of nitrogens with one attached hydrogen (secondary N) is 2. The third-order valence-corrected chi connectivity index (χ3v) is 2.45. The van der Waals surface area contributed by atoms with E-state index in [1.54, 1.807) is 12.1 Å². The number of rotatable bonds is 3. The average molecular weight is 208 g/mol. The van der Waals surface area contributed by atoms with E-state index in [0.717, 1.165) is 13.1 Å². The quantitative estimate of drug-likeness (QED) is 0.787. The number of benzene rings is 1. The van der Waals surface area contributed by atoms with Crippen molar-refractivity contribution >= 4 is 11.6 Å². The summed E-state index contributed by atoms with van der Waals surface area (Å²) < 4.78 is 12.8. The molecule has 4 heteroatoms. The number of halogens is 1. The molecule has 0 radical (unpaired) electrons. The fourth-order valence-electron chi connectivity index (χ4n) is 1.53. The summed E-state index contributed by atoms with van der Waals surface area (Å²) in [5.74, 6) is 0.0452. The molecular weight excluding hydrogens is 195 g/mol. The van der Waals surface area contributed by atoms with Crippen molar-refractivity contribution in [1.82, 2.24) is 5.32 Å². The minimum Gasteiger partial charge on any atom is -0.326 e. The molecule has 1 fully saturated rings. The monoisotopic (exact) mass is 208 g/mol. The zero-order chi connectivity index (χ0) is 10.7. The minimum atomic E-state index is -0.335. The molecule has 0 aromatic heterocycles. The topological polar surface area (TPSA) is 41.1 Å². The Bertz CT molecular complexity index is 363. The lowest BCUT2D eigenvalue weighted by Crippen LogP contribution is -2.43. The third kappa shape index (κ3) is 2.76. The molecule has 1 aromatic rings. The molecule has 1 aliphatic heterocycles. The van der Waals surface area contributed by atoms with E-state index in [1.807, 2.05) is 0 Å². The molecule has 2 N–H and O–H groups in total. The van der Waals surface area contributed by atoms with Crippen LogP contribution in [0, 0.1) is 11.7 Å². The SMILES string of the molecule is O=C(CC1CNC1)Nc1cccc(F)c1. The second-order valence-corrected chi connectivity index (χ2v) is 3.79. The van der Waals surface area contributed by atoms with E-state index < -0.39 is 0 Å². The van der Waals surface area contributed by atoms with Gasteiger partial charge < -0.3 is 10.6 Å². The van der Waals surface area contributed by atoms with Gasteiger partial charge in [-0.1, -0.05) is 6.07 Å². The predicted octanol–water partition coefficient (Wildman–Crippen LogP) is 1.37. The van der Waals surface area contributed by atoms with Gasteiger partial charge in [0.15, 0.2) is 0 Å². The third-order valence-electron chi connectivity index (χ3n) is 2.45. The van der Waals surface area contributed by atoms with Crippen molar-refractivity contribution in [3.63, 3.8) is 0 Å². The molecule has 0 spiro atoms. The highest BCUT2D eigenvalue weighted by Gasteiger charge is 2.19. The van der Waals surface area contributed by atoms with Crippen molar-refractivity contribution in [2.24, 2.45) is 5.92 Å². The smallest absolute Gasteiger partial charge is 0.224 e. The Labute approximate surface area is 87.7 Å². The number of hydrogen-bond donors (Lipinski definition) is 2. The maximum Gasteiger partial charge on any atom is 0.224 e. The summed E-state index contributed by atoms with van der Waals surface area (Å²) in [6.45, 7) is 1.80. The van der Waals surface area contributed by atoms with Crippen LogP contribution in [0.2, 0.25) is 0 Å². The van der Waals surface area contributed by atoms with E-state index in [-0.39, 0.29) is 11.7 Å². The lowest BCUT2D eigenvalue weighted by Gasteiger charge is -2.26. The van der Waals surface area contributed by atoms with Crippen LogP contribution in [0.25, 0.3) is 0 Å². The van der Waals surface area contributed by atoms with Crippen molar-refractivity contribution in [2.75, 3.05) is 18.4 Å². The van der Waals surface area contributed by atoms with Gasteiger partial charge in [-0.2, -0.15) is 0 Å². The zero-order valence-corrected chi connectivity index (χ0v) is 8.29. The van der Waals surface area contributed by atoms with Crippen molar-refractivity contribution < 1.29 is 9.18 Å². The lowest BCUT2D eigenvalue weighted by molar-refractivity contribution is -0.117. The molecular formula is C11H13FN2O. The Balaban J connectivity index is 1.87. The number of anilines is 1. The highest BCUT2D eigenvalue weighted by atomic mass is 19.1. The van der Waals surface area contributed by atoms with E-state index in [2.05, 4.69) is 10.6 Å². The summed E-state index contributed by atoms with van der Waals surface area (Å²) in [5, 5.41) is 5.77. The molecule has 15 heavy (non-hydrogen) atoms. The fraction of sp³-hybridized carbons (Fsp3) is 0.364. The standard InChI is InChI=1S/C11H13FN2O/c12-9-2-1-3-10(5-9)14-11(15)4-8-6-13-7-8/h1-3,5,8,13H,4,6-7H2,(H,14,15). The van der Waals surface area contributed by atoms with E-state index in [9.17, 15) is 9.18 Å². The van der Waals surface area contributed by atoms with Crippen LogP contribution < -0.4 is 10.6 Å². The first-order valence-corrected chi connectivity index (χ1v) is 5.00. The Morgan fingerprint density at radius 1 is 1.53 bits per heavy atom. The molecule has 0 atom stereocenters. The van der Waals surface area contributed by atoms with Gasteiger partial charge in [0.2, 0.25) is 5.91 Å². The number of hydrogen-bond acceptors (Lipinski definition) is 2. The highest BCUT2D eigenvalue weighted by molar-refractivity contribution is 5.90.